The summed E-state index contributed by atoms with van der Waals surface area (Å²) in [6.45, 7) is 0. The Morgan fingerprint density at radius 1 is 1.44 bits per heavy atom. The van der Waals surface area contributed by atoms with Crippen LogP contribution in [0.25, 0.3) is 0 Å². The highest BCUT2D eigenvalue weighted by Crippen LogP contribution is 2.48. The van der Waals surface area contributed by atoms with Crippen LogP contribution >= 0.6 is 0 Å². The van der Waals surface area contributed by atoms with Crippen molar-refractivity contribution in [3.8, 4) is 0 Å². The smallest absolute Gasteiger partial charge is 0.239 e. The van der Waals surface area contributed by atoms with Crippen LogP contribution in [0.3, 0.4) is 0 Å². The van der Waals surface area contributed by atoms with Crippen LogP contribution in [0.2, 0.25) is 0 Å². The lowest BCUT2D eigenvalue weighted by atomic mass is 10.1. The van der Waals surface area contributed by atoms with Crippen LogP contribution in [0.5, 0.6) is 0 Å². The van der Waals surface area contributed by atoms with Gasteiger partial charge < -0.3 is 0 Å². The van der Waals surface area contributed by atoms with Crippen LogP contribution in [0, 0.1) is 11.7 Å². The molecule has 98 valence electrons. The molecule has 0 aromatic heterocycles. The van der Waals surface area contributed by atoms with Gasteiger partial charge in [-0.25, -0.2) is 17.1 Å². The lowest BCUT2D eigenvalue weighted by Gasteiger charge is -2.14. The number of carbonyl (C=O) groups is 1. The Bertz CT molecular complexity index is 585. The third kappa shape index (κ3) is 2.53. The maximum atomic E-state index is 13.0. The topological polar surface area (TPSA) is 54.5 Å². The molecule has 0 N–H and O–H groups in total. The van der Waals surface area contributed by atoms with Crippen molar-refractivity contribution in [1.82, 2.24) is 4.31 Å². The Hall–Kier alpha value is -1.43. The molecule has 1 aromatic rings. The van der Waals surface area contributed by atoms with Gasteiger partial charge in [0.1, 0.15) is 5.82 Å². The van der Waals surface area contributed by atoms with Gasteiger partial charge in [-0.05, 0) is 30.0 Å². The molecule has 18 heavy (non-hydrogen) atoms. The first-order valence-corrected chi connectivity index (χ1v) is 7.38. The molecule has 1 fully saturated rings. The predicted octanol–water partition coefficient (Wildman–Crippen LogP) is 1.35. The van der Waals surface area contributed by atoms with Crippen LogP contribution in [-0.4, -0.2) is 31.9 Å². The Balaban J connectivity index is 2.10. The van der Waals surface area contributed by atoms with Crippen molar-refractivity contribution >= 4 is 15.9 Å². The lowest BCUT2D eigenvalue weighted by molar-refractivity contribution is -0.127. The van der Waals surface area contributed by atoms with Crippen LogP contribution in [0.15, 0.2) is 24.3 Å². The van der Waals surface area contributed by atoms with Crippen molar-refractivity contribution < 1.29 is 17.6 Å². The molecule has 0 radical (unpaired) electrons. The third-order valence-electron chi connectivity index (χ3n) is 3.19. The van der Waals surface area contributed by atoms with Crippen LogP contribution < -0.4 is 0 Å². The van der Waals surface area contributed by atoms with E-state index in [1.807, 2.05) is 0 Å². The number of amides is 1. The van der Waals surface area contributed by atoms with Crippen molar-refractivity contribution in [2.45, 2.75) is 12.3 Å². The maximum Gasteiger partial charge on any atom is 0.239 e. The summed E-state index contributed by atoms with van der Waals surface area (Å²) in [5, 5.41) is 0. The number of rotatable bonds is 3. The van der Waals surface area contributed by atoms with E-state index in [0.29, 0.717) is 6.42 Å². The molecule has 1 saturated carbocycles. The average molecular weight is 271 g/mol. The molecule has 1 amide bonds. The molecule has 0 heterocycles. The average Bonchev–Trinajstić information content (AvgIpc) is 3.05. The first-order valence-electron chi connectivity index (χ1n) is 5.54. The highest BCUT2D eigenvalue weighted by molar-refractivity contribution is 7.88. The number of nitrogens with zero attached hydrogens (tertiary/aromatic N) is 1. The van der Waals surface area contributed by atoms with E-state index in [4.69, 9.17) is 0 Å². The van der Waals surface area contributed by atoms with Crippen LogP contribution in [0.4, 0.5) is 4.39 Å². The fourth-order valence-corrected chi connectivity index (χ4v) is 2.43. The van der Waals surface area contributed by atoms with E-state index in [-0.39, 0.29) is 17.7 Å². The van der Waals surface area contributed by atoms with E-state index >= 15 is 0 Å². The summed E-state index contributed by atoms with van der Waals surface area (Å²) in [5.41, 5.74) is 0.746. The summed E-state index contributed by atoms with van der Waals surface area (Å²) in [6, 6.07) is 6.07. The fraction of sp³-hybridized carbons (Fsp3) is 0.417. The second kappa shape index (κ2) is 4.35. The Labute approximate surface area is 105 Å². The van der Waals surface area contributed by atoms with Crippen molar-refractivity contribution in [3.05, 3.63) is 35.6 Å². The molecule has 0 aliphatic heterocycles. The van der Waals surface area contributed by atoms with Crippen LogP contribution in [0.1, 0.15) is 17.9 Å². The number of sulfonamides is 1. The van der Waals surface area contributed by atoms with Gasteiger partial charge in [0.2, 0.25) is 15.9 Å². The summed E-state index contributed by atoms with van der Waals surface area (Å²) in [6.07, 6.45) is 1.56. The van der Waals surface area contributed by atoms with E-state index in [1.165, 1.54) is 19.2 Å². The molecule has 4 nitrogen and oxygen atoms in total. The molecule has 0 saturated heterocycles. The van der Waals surface area contributed by atoms with E-state index in [9.17, 15) is 17.6 Å². The van der Waals surface area contributed by atoms with Crippen molar-refractivity contribution in [3.63, 3.8) is 0 Å². The molecule has 2 rings (SSSR count). The minimum absolute atomic E-state index is 0.0719. The van der Waals surface area contributed by atoms with Gasteiger partial charge in [-0.1, -0.05) is 12.1 Å². The third-order valence-corrected chi connectivity index (χ3v) is 4.37. The maximum absolute atomic E-state index is 13.0. The quantitative estimate of drug-likeness (QED) is 0.833. The molecule has 1 aliphatic carbocycles. The highest BCUT2D eigenvalue weighted by atomic mass is 32.2. The summed E-state index contributed by atoms with van der Waals surface area (Å²) in [7, 11) is -2.26. The van der Waals surface area contributed by atoms with Gasteiger partial charge in [0.15, 0.2) is 0 Å². The zero-order chi connectivity index (χ0) is 13.5. The normalized spacial score (nSPS) is 22.6. The molecule has 2 atom stereocenters. The van der Waals surface area contributed by atoms with E-state index < -0.39 is 15.9 Å². The second-order valence-corrected chi connectivity index (χ2v) is 6.59. The van der Waals surface area contributed by atoms with Gasteiger partial charge in [-0.2, -0.15) is 0 Å². The zero-order valence-electron chi connectivity index (χ0n) is 10.1. The highest BCUT2D eigenvalue weighted by Gasteiger charge is 2.46. The SMILES string of the molecule is CN(C(=O)C1CC1c1cccc(F)c1)S(C)(=O)=O. The molecule has 1 aliphatic rings. The largest absolute Gasteiger partial charge is 0.273 e. The van der Waals surface area contributed by atoms with E-state index in [2.05, 4.69) is 0 Å². The first kappa shape index (κ1) is 13.0. The number of benzene rings is 1. The molecule has 2 unspecified atom stereocenters. The Morgan fingerprint density at radius 3 is 2.67 bits per heavy atom. The zero-order valence-corrected chi connectivity index (χ0v) is 10.9. The first-order chi connectivity index (χ1) is 8.30. The standard InChI is InChI=1S/C12H14FNO3S/c1-14(18(2,16)17)12(15)11-7-10(11)8-4-3-5-9(13)6-8/h3-6,10-11H,7H2,1-2H3. The van der Waals surface area contributed by atoms with E-state index in [1.54, 1.807) is 12.1 Å². The van der Waals surface area contributed by atoms with Gasteiger partial charge in [-0.15, -0.1) is 0 Å². The van der Waals surface area contributed by atoms with Gasteiger partial charge in [0, 0.05) is 13.0 Å². The number of hydrogen-bond acceptors (Lipinski definition) is 3. The molecular formula is C12H14FNO3S. The number of hydrogen-bond donors (Lipinski definition) is 0. The summed E-state index contributed by atoms with van der Waals surface area (Å²) in [4.78, 5) is 11.9. The summed E-state index contributed by atoms with van der Waals surface area (Å²) < 4.78 is 36.3. The minimum Gasteiger partial charge on any atom is -0.273 e. The van der Waals surface area contributed by atoms with Crippen molar-refractivity contribution in [2.24, 2.45) is 5.92 Å². The minimum atomic E-state index is -3.51. The van der Waals surface area contributed by atoms with Crippen LogP contribution in [-0.2, 0) is 14.8 Å². The lowest BCUT2D eigenvalue weighted by Crippen LogP contribution is -2.33. The number of halogens is 1. The van der Waals surface area contributed by atoms with Crippen molar-refractivity contribution in [2.75, 3.05) is 13.3 Å². The Morgan fingerprint density at radius 2 is 2.11 bits per heavy atom. The predicted molar refractivity (Wildman–Crippen MR) is 64.9 cm³/mol. The Kier molecular flexibility index (Phi) is 3.14. The van der Waals surface area contributed by atoms with Gasteiger partial charge in [0.05, 0.1) is 6.26 Å². The summed E-state index contributed by atoms with van der Waals surface area (Å²) in [5.74, 6) is -1.20. The fourth-order valence-electron chi connectivity index (χ4n) is 1.97. The summed E-state index contributed by atoms with van der Waals surface area (Å²) >= 11 is 0. The molecule has 0 spiro atoms. The van der Waals surface area contributed by atoms with Gasteiger partial charge in [-0.3, -0.25) is 4.79 Å². The molecule has 0 bridgehead atoms. The molecular weight excluding hydrogens is 257 g/mol. The monoisotopic (exact) mass is 271 g/mol. The van der Waals surface area contributed by atoms with Gasteiger partial charge in [0.25, 0.3) is 0 Å². The number of carbonyl (C=O) groups excluding carboxylic acids is 1. The van der Waals surface area contributed by atoms with E-state index in [0.717, 1.165) is 16.1 Å². The molecule has 1 aromatic carbocycles. The second-order valence-electron chi connectivity index (χ2n) is 4.57. The molecule has 6 heteroatoms. The van der Waals surface area contributed by atoms with Crippen molar-refractivity contribution in [1.29, 1.82) is 0 Å². The van der Waals surface area contributed by atoms with Gasteiger partial charge >= 0.3 is 0 Å².